The molecular formula is C31H35NO6S. The van der Waals surface area contributed by atoms with Crippen LogP contribution in [0.1, 0.15) is 50.0 Å². The molecule has 0 spiro atoms. The molecule has 7 nitrogen and oxygen atoms in total. The van der Waals surface area contributed by atoms with Gasteiger partial charge in [0, 0.05) is 36.0 Å². The van der Waals surface area contributed by atoms with Crippen LogP contribution in [0.4, 0.5) is 0 Å². The summed E-state index contributed by atoms with van der Waals surface area (Å²) in [7, 11) is -3.67. The molecule has 0 aliphatic carbocycles. The predicted molar refractivity (Wildman–Crippen MR) is 152 cm³/mol. The normalized spacial score (nSPS) is 20.4. The molecule has 2 aliphatic rings. The average molecular weight is 550 g/mol. The summed E-state index contributed by atoms with van der Waals surface area (Å²) in [5.41, 5.74) is 3.84. The third-order valence-corrected chi connectivity index (χ3v) is 8.81. The van der Waals surface area contributed by atoms with Crippen LogP contribution in [0.15, 0.2) is 65.6 Å². The zero-order chi connectivity index (χ0) is 27.9. The number of phenols is 2. The number of nitrogens with zero attached hydrogens (tertiary/aromatic N) is 1. The van der Waals surface area contributed by atoms with Gasteiger partial charge in [-0.15, -0.1) is 0 Å². The van der Waals surface area contributed by atoms with E-state index in [1.54, 1.807) is 18.2 Å². The first-order chi connectivity index (χ1) is 18.5. The molecule has 0 amide bonds. The number of ether oxygens (including phenoxy) is 2. The maximum Gasteiger partial charge on any atom is 0.179 e. The number of fused-ring (bicyclic) bond motifs is 1. The van der Waals surface area contributed by atoms with Gasteiger partial charge in [0.2, 0.25) is 0 Å². The highest BCUT2D eigenvalue weighted by atomic mass is 32.2. The van der Waals surface area contributed by atoms with Crippen LogP contribution in [0.5, 0.6) is 23.0 Å². The first kappa shape index (κ1) is 27.1. The standard InChI is InChI=1S/C31H35NO6S/c1-19-12-13-32(17-19)20(2)18-37-25-10-8-22(9-11-25)31-30(23-6-5-7-24(33)14-23)21(3)26-15-27(34)29(39(4,35)36)16-28(26)38-31/h5-11,14-16,19-20,31,33-34H,12-13,17-18H2,1-4H3. The van der Waals surface area contributed by atoms with E-state index in [0.717, 1.165) is 53.3 Å². The van der Waals surface area contributed by atoms with E-state index in [0.29, 0.717) is 24.0 Å². The number of likely N-dealkylation sites (tertiary alicyclic amines) is 1. The number of hydrogen-bond acceptors (Lipinski definition) is 7. The van der Waals surface area contributed by atoms with Gasteiger partial charge in [0.05, 0.1) is 0 Å². The molecule has 2 heterocycles. The van der Waals surface area contributed by atoms with Gasteiger partial charge in [-0.25, -0.2) is 8.42 Å². The average Bonchev–Trinajstić information content (AvgIpc) is 3.33. The summed E-state index contributed by atoms with van der Waals surface area (Å²) in [6.45, 7) is 9.19. The Morgan fingerprint density at radius 2 is 1.85 bits per heavy atom. The van der Waals surface area contributed by atoms with Crippen LogP contribution < -0.4 is 9.47 Å². The van der Waals surface area contributed by atoms with Crippen molar-refractivity contribution in [3.63, 3.8) is 0 Å². The Morgan fingerprint density at radius 1 is 1.10 bits per heavy atom. The zero-order valence-corrected chi connectivity index (χ0v) is 23.5. The van der Waals surface area contributed by atoms with Gasteiger partial charge in [-0.1, -0.05) is 31.2 Å². The summed E-state index contributed by atoms with van der Waals surface area (Å²) in [6, 6.07) is 17.8. The topological polar surface area (TPSA) is 96.3 Å². The fourth-order valence-electron chi connectivity index (χ4n) is 5.47. The van der Waals surface area contributed by atoms with Crippen molar-refractivity contribution in [3.8, 4) is 23.0 Å². The minimum atomic E-state index is -3.67. The maximum atomic E-state index is 12.3. The van der Waals surface area contributed by atoms with Crippen molar-refractivity contribution in [2.45, 2.75) is 44.2 Å². The minimum absolute atomic E-state index is 0.123. The van der Waals surface area contributed by atoms with Crippen LogP contribution in [0.3, 0.4) is 0 Å². The monoisotopic (exact) mass is 549 g/mol. The first-order valence-electron chi connectivity index (χ1n) is 13.2. The molecule has 0 radical (unpaired) electrons. The number of benzene rings is 3. The Bertz CT molecular complexity index is 1510. The molecule has 0 aromatic heterocycles. The van der Waals surface area contributed by atoms with Crippen molar-refractivity contribution >= 4 is 21.0 Å². The van der Waals surface area contributed by atoms with Gasteiger partial charge in [-0.05, 0) is 79.8 Å². The van der Waals surface area contributed by atoms with Crippen molar-refractivity contribution in [2.75, 3.05) is 26.0 Å². The van der Waals surface area contributed by atoms with E-state index in [1.807, 2.05) is 37.3 Å². The fraction of sp³-hybridized carbons (Fsp3) is 0.355. The van der Waals surface area contributed by atoms with Gasteiger partial charge in [-0.3, -0.25) is 4.90 Å². The molecular weight excluding hydrogens is 514 g/mol. The summed E-state index contributed by atoms with van der Waals surface area (Å²) in [4.78, 5) is 2.28. The van der Waals surface area contributed by atoms with E-state index in [-0.39, 0.29) is 16.4 Å². The van der Waals surface area contributed by atoms with E-state index < -0.39 is 15.9 Å². The summed E-state index contributed by atoms with van der Waals surface area (Å²) < 4.78 is 37.1. The summed E-state index contributed by atoms with van der Waals surface area (Å²) >= 11 is 0. The van der Waals surface area contributed by atoms with Gasteiger partial charge in [-0.2, -0.15) is 0 Å². The van der Waals surface area contributed by atoms with Crippen molar-refractivity contribution in [2.24, 2.45) is 5.92 Å². The third kappa shape index (κ3) is 5.63. The molecule has 3 unspecified atom stereocenters. The molecule has 0 saturated carbocycles. The van der Waals surface area contributed by atoms with Crippen molar-refractivity contribution in [1.29, 1.82) is 0 Å². The molecule has 1 fully saturated rings. The van der Waals surface area contributed by atoms with Crippen LogP contribution in [0.2, 0.25) is 0 Å². The molecule has 5 rings (SSSR count). The quantitative estimate of drug-likeness (QED) is 0.392. The Morgan fingerprint density at radius 3 is 2.49 bits per heavy atom. The maximum absolute atomic E-state index is 12.3. The van der Waals surface area contributed by atoms with E-state index in [2.05, 4.69) is 18.7 Å². The van der Waals surface area contributed by atoms with E-state index in [4.69, 9.17) is 9.47 Å². The van der Waals surface area contributed by atoms with Gasteiger partial charge in [0.15, 0.2) is 9.84 Å². The SMILES string of the molecule is CC1=C(c2cccc(O)c2)C(c2ccc(OCC(C)N3CCC(C)C3)cc2)Oc2cc(S(C)(=O)=O)c(O)cc21. The van der Waals surface area contributed by atoms with Crippen LogP contribution >= 0.6 is 0 Å². The Kier molecular flexibility index (Phi) is 7.35. The third-order valence-electron chi connectivity index (χ3n) is 7.69. The molecule has 8 heteroatoms. The molecule has 2 aliphatic heterocycles. The number of phenolic OH excluding ortho intramolecular Hbond substituents is 2. The van der Waals surface area contributed by atoms with Crippen LogP contribution in [0, 0.1) is 5.92 Å². The van der Waals surface area contributed by atoms with Crippen LogP contribution in [0.25, 0.3) is 11.1 Å². The second kappa shape index (κ2) is 10.6. The van der Waals surface area contributed by atoms with Crippen LogP contribution in [-0.4, -0.2) is 55.5 Å². The highest BCUT2D eigenvalue weighted by molar-refractivity contribution is 7.90. The lowest BCUT2D eigenvalue weighted by atomic mass is 9.86. The lowest BCUT2D eigenvalue weighted by molar-refractivity contribution is 0.169. The Hall–Kier alpha value is -3.49. The molecule has 3 aromatic carbocycles. The van der Waals surface area contributed by atoms with Gasteiger partial charge in [0.1, 0.15) is 40.6 Å². The molecule has 0 bridgehead atoms. The van der Waals surface area contributed by atoms with Gasteiger partial charge >= 0.3 is 0 Å². The number of hydrogen-bond donors (Lipinski definition) is 2. The Labute approximate surface area is 230 Å². The molecule has 3 atom stereocenters. The number of rotatable bonds is 7. The lowest BCUT2D eigenvalue weighted by Gasteiger charge is -2.31. The lowest BCUT2D eigenvalue weighted by Crippen LogP contribution is -2.35. The van der Waals surface area contributed by atoms with Gasteiger partial charge < -0.3 is 19.7 Å². The number of allylic oxidation sites excluding steroid dienone is 1. The first-order valence-corrected chi connectivity index (χ1v) is 15.1. The number of sulfone groups is 1. The second-order valence-corrected chi connectivity index (χ2v) is 12.8. The predicted octanol–water partition coefficient (Wildman–Crippen LogP) is 5.67. The van der Waals surface area contributed by atoms with Crippen LogP contribution in [-0.2, 0) is 9.84 Å². The summed E-state index contributed by atoms with van der Waals surface area (Å²) in [5.74, 6) is 1.65. The van der Waals surface area contributed by atoms with E-state index >= 15 is 0 Å². The second-order valence-electron chi connectivity index (χ2n) is 10.8. The Balaban J connectivity index is 1.47. The smallest absolute Gasteiger partial charge is 0.179 e. The van der Waals surface area contributed by atoms with Crippen molar-refractivity contribution < 1.29 is 28.1 Å². The molecule has 39 heavy (non-hydrogen) atoms. The number of aromatic hydroxyl groups is 2. The molecule has 1 saturated heterocycles. The molecule has 206 valence electrons. The largest absolute Gasteiger partial charge is 0.508 e. The fourth-order valence-corrected chi connectivity index (χ4v) is 6.23. The summed E-state index contributed by atoms with van der Waals surface area (Å²) in [5, 5.41) is 20.7. The molecule has 2 N–H and O–H groups in total. The van der Waals surface area contributed by atoms with E-state index in [1.165, 1.54) is 18.6 Å². The van der Waals surface area contributed by atoms with Crippen molar-refractivity contribution in [1.82, 2.24) is 4.90 Å². The zero-order valence-electron chi connectivity index (χ0n) is 22.7. The van der Waals surface area contributed by atoms with E-state index in [9.17, 15) is 18.6 Å². The highest BCUT2D eigenvalue weighted by Gasteiger charge is 2.31. The van der Waals surface area contributed by atoms with Gasteiger partial charge in [0.25, 0.3) is 0 Å². The summed E-state index contributed by atoms with van der Waals surface area (Å²) in [6.07, 6.45) is 1.71. The highest BCUT2D eigenvalue weighted by Crippen LogP contribution is 2.49. The minimum Gasteiger partial charge on any atom is -0.508 e. The van der Waals surface area contributed by atoms with Crippen molar-refractivity contribution in [3.05, 3.63) is 77.4 Å². The molecule has 3 aromatic rings.